The van der Waals surface area contributed by atoms with E-state index in [1.165, 1.54) is 0 Å². The molecule has 8 heteroatoms. The maximum absolute atomic E-state index is 12.0. The number of nitrogens with one attached hydrogen (secondary N) is 2. The number of anilines is 2. The number of carbonyl (C=O) groups excluding carboxylic acids is 2. The molecule has 25 heavy (non-hydrogen) atoms. The van der Waals surface area contributed by atoms with Crippen LogP contribution in [-0.4, -0.2) is 67.9 Å². The topological polar surface area (TPSA) is 114 Å². The van der Waals surface area contributed by atoms with E-state index >= 15 is 0 Å². The number of nitrogens with zero attached hydrogens (tertiary/aromatic N) is 3. The average Bonchev–Trinajstić information content (AvgIpc) is 2.59. The molecule has 1 aliphatic rings. The van der Waals surface area contributed by atoms with E-state index in [1.54, 1.807) is 23.1 Å². The van der Waals surface area contributed by atoms with Crippen molar-refractivity contribution in [3.63, 3.8) is 0 Å². The number of carbonyl (C=O) groups is 2. The molecule has 0 spiro atoms. The van der Waals surface area contributed by atoms with Crippen LogP contribution in [0.15, 0.2) is 18.2 Å². The zero-order chi connectivity index (χ0) is 18.2. The van der Waals surface area contributed by atoms with Crippen LogP contribution in [-0.2, 0) is 9.59 Å². The Kier molecular flexibility index (Phi) is 6.74. The van der Waals surface area contributed by atoms with E-state index in [0.717, 1.165) is 26.2 Å². The highest BCUT2D eigenvalue weighted by Crippen LogP contribution is 2.21. The first-order valence-electron chi connectivity index (χ1n) is 8.26. The summed E-state index contributed by atoms with van der Waals surface area (Å²) in [5.41, 5.74) is 6.92. The lowest BCUT2D eigenvalue weighted by Gasteiger charge is -2.31. The Bertz CT molecular complexity index is 670. The first kappa shape index (κ1) is 18.7. The second-order valence-electron chi connectivity index (χ2n) is 6.02. The summed E-state index contributed by atoms with van der Waals surface area (Å²) in [6.07, 6.45) is 0.303. The summed E-state index contributed by atoms with van der Waals surface area (Å²) in [4.78, 5) is 27.4. The van der Waals surface area contributed by atoms with Gasteiger partial charge < -0.3 is 21.3 Å². The van der Waals surface area contributed by atoms with Gasteiger partial charge in [0.05, 0.1) is 23.5 Å². The van der Waals surface area contributed by atoms with Crippen LogP contribution in [0.2, 0.25) is 0 Å². The van der Waals surface area contributed by atoms with Crippen molar-refractivity contribution in [2.75, 3.05) is 57.4 Å². The first-order chi connectivity index (χ1) is 12.0. The van der Waals surface area contributed by atoms with Crippen LogP contribution in [0.4, 0.5) is 11.4 Å². The molecule has 0 aromatic heterocycles. The van der Waals surface area contributed by atoms with Crippen molar-refractivity contribution in [1.29, 1.82) is 5.26 Å². The molecule has 0 bridgehead atoms. The highest BCUT2D eigenvalue weighted by Gasteiger charge is 2.20. The lowest BCUT2D eigenvalue weighted by atomic mass is 10.1. The third kappa shape index (κ3) is 5.45. The number of benzene rings is 1. The minimum absolute atomic E-state index is 0.141. The van der Waals surface area contributed by atoms with Gasteiger partial charge in [-0.05, 0) is 12.1 Å². The van der Waals surface area contributed by atoms with Crippen molar-refractivity contribution in [3.05, 3.63) is 23.8 Å². The Morgan fingerprint density at radius 3 is 2.88 bits per heavy atom. The fourth-order valence-electron chi connectivity index (χ4n) is 2.55. The largest absolute Gasteiger partial charge is 0.396 e. The van der Waals surface area contributed by atoms with Crippen molar-refractivity contribution >= 4 is 23.2 Å². The van der Waals surface area contributed by atoms with E-state index in [9.17, 15) is 9.59 Å². The second kappa shape index (κ2) is 9.01. The molecule has 1 heterocycles. The van der Waals surface area contributed by atoms with Crippen molar-refractivity contribution in [1.82, 2.24) is 15.1 Å². The van der Waals surface area contributed by atoms with E-state index in [2.05, 4.69) is 15.5 Å². The van der Waals surface area contributed by atoms with E-state index in [0.29, 0.717) is 30.8 Å². The number of hydrogen-bond donors (Lipinski definition) is 3. The molecule has 0 aliphatic carbocycles. The summed E-state index contributed by atoms with van der Waals surface area (Å²) in [5, 5.41) is 14.9. The quantitative estimate of drug-likeness (QED) is 0.467. The number of nitriles is 1. The van der Waals surface area contributed by atoms with E-state index in [-0.39, 0.29) is 17.5 Å². The molecule has 0 saturated carbocycles. The van der Waals surface area contributed by atoms with Gasteiger partial charge in [-0.3, -0.25) is 14.5 Å². The summed E-state index contributed by atoms with van der Waals surface area (Å²) in [6, 6.07) is 6.95. The minimum Gasteiger partial charge on any atom is -0.396 e. The number of nitrogen functional groups attached to an aromatic ring is 1. The molecule has 4 N–H and O–H groups in total. The average molecular weight is 344 g/mol. The van der Waals surface area contributed by atoms with E-state index < -0.39 is 0 Å². The number of piperazine rings is 1. The molecule has 1 fully saturated rings. The lowest BCUT2D eigenvalue weighted by molar-refractivity contribution is -0.134. The SMILES string of the molecule is CN1CCN(CCNCCC(=O)Nc2cccc(C#N)c2N)CC1=O. The lowest BCUT2D eigenvalue weighted by Crippen LogP contribution is -2.50. The Balaban J connectivity index is 1.65. The van der Waals surface area contributed by atoms with E-state index in [4.69, 9.17) is 11.0 Å². The fourth-order valence-corrected chi connectivity index (χ4v) is 2.55. The number of para-hydroxylation sites is 1. The maximum atomic E-state index is 12.0. The molecule has 0 unspecified atom stereocenters. The Morgan fingerprint density at radius 1 is 1.36 bits per heavy atom. The van der Waals surface area contributed by atoms with Gasteiger partial charge in [-0.15, -0.1) is 0 Å². The summed E-state index contributed by atoms with van der Waals surface area (Å²) in [6.45, 7) is 4.11. The summed E-state index contributed by atoms with van der Waals surface area (Å²) in [5.74, 6) is -0.0214. The van der Waals surface area contributed by atoms with Gasteiger partial charge in [0.15, 0.2) is 0 Å². The zero-order valence-corrected chi connectivity index (χ0v) is 14.4. The molecule has 1 aromatic carbocycles. The van der Waals surface area contributed by atoms with Gasteiger partial charge in [0.1, 0.15) is 6.07 Å². The number of likely N-dealkylation sites (N-methyl/N-ethyl adjacent to an activating group) is 1. The summed E-state index contributed by atoms with van der Waals surface area (Å²) >= 11 is 0. The van der Waals surface area contributed by atoms with Crippen LogP contribution in [0.3, 0.4) is 0 Å². The number of hydrogen-bond acceptors (Lipinski definition) is 6. The smallest absolute Gasteiger partial charge is 0.236 e. The molecule has 1 aliphatic heterocycles. The zero-order valence-electron chi connectivity index (χ0n) is 14.4. The van der Waals surface area contributed by atoms with Crippen LogP contribution < -0.4 is 16.4 Å². The first-order valence-corrected chi connectivity index (χ1v) is 8.26. The van der Waals surface area contributed by atoms with Crippen molar-refractivity contribution < 1.29 is 9.59 Å². The molecular weight excluding hydrogens is 320 g/mol. The molecule has 1 aromatic rings. The van der Waals surface area contributed by atoms with E-state index in [1.807, 2.05) is 13.1 Å². The van der Waals surface area contributed by atoms with Crippen molar-refractivity contribution in [2.45, 2.75) is 6.42 Å². The monoisotopic (exact) mass is 344 g/mol. The van der Waals surface area contributed by atoms with Crippen molar-refractivity contribution in [3.8, 4) is 6.07 Å². The Hall–Kier alpha value is -2.63. The third-order valence-electron chi connectivity index (χ3n) is 4.17. The standard InChI is InChI=1S/C17H24N6O2/c1-22-9-10-23(12-16(22)25)8-7-20-6-5-15(24)21-14-4-2-3-13(11-18)17(14)19/h2-4,20H,5-10,12,19H2,1H3,(H,21,24). The minimum atomic E-state index is -0.163. The van der Waals surface area contributed by atoms with Crippen LogP contribution in [0.1, 0.15) is 12.0 Å². The number of rotatable bonds is 7. The molecule has 134 valence electrons. The number of nitrogens with two attached hydrogens (primary N) is 1. The van der Waals surface area contributed by atoms with Gasteiger partial charge in [-0.25, -0.2) is 0 Å². The number of amides is 2. The van der Waals surface area contributed by atoms with Crippen molar-refractivity contribution in [2.24, 2.45) is 0 Å². The van der Waals surface area contributed by atoms with Crippen LogP contribution in [0, 0.1) is 11.3 Å². The molecule has 0 radical (unpaired) electrons. The molecule has 8 nitrogen and oxygen atoms in total. The maximum Gasteiger partial charge on any atom is 0.236 e. The van der Waals surface area contributed by atoms with Gasteiger partial charge in [0.2, 0.25) is 11.8 Å². The van der Waals surface area contributed by atoms with Gasteiger partial charge in [-0.2, -0.15) is 5.26 Å². The highest BCUT2D eigenvalue weighted by atomic mass is 16.2. The fraction of sp³-hybridized carbons (Fsp3) is 0.471. The molecule has 2 rings (SSSR count). The second-order valence-corrected chi connectivity index (χ2v) is 6.02. The van der Waals surface area contributed by atoms with Crippen LogP contribution >= 0.6 is 0 Å². The van der Waals surface area contributed by atoms with Gasteiger partial charge >= 0.3 is 0 Å². The Labute approximate surface area is 147 Å². The highest BCUT2D eigenvalue weighted by molar-refractivity contribution is 5.94. The molecule has 1 saturated heterocycles. The van der Waals surface area contributed by atoms with Gasteiger partial charge in [-0.1, -0.05) is 6.07 Å². The summed E-state index contributed by atoms with van der Waals surface area (Å²) in [7, 11) is 1.82. The molecule has 0 atom stereocenters. The predicted molar refractivity (Wildman–Crippen MR) is 95.8 cm³/mol. The molecule has 2 amide bonds. The Morgan fingerprint density at radius 2 is 2.16 bits per heavy atom. The van der Waals surface area contributed by atoms with Gasteiger partial charge in [0, 0.05) is 46.2 Å². The van der Waals surface area contributed by atoms with Crippen LogP contribution in [0.5, 0.6) is 0 Å². The predicted octanol–water partition coefficient (Wildman–Crippen LogP) is -0.167. The third-order valence-corrected chi connectivity index (χ3v) is 4.17. The van der Waals surface area contributed by atoms with Crippen LogP contribution in [0.25, 0.3) is 0 Å². The summed E-state index contributed by atoms with van der Waals surface area (Å²) < 4.78 is 0. The van der Waals surface area contributed by atoms with Gasteiger partial charge in [0.25, 0.3) is 0 Å². The normalized spacial score (nSPS) is 15.0. The molecular formula is C17H24N6O2.